The highest BCUT2D eigenvalue weighted by atomic mass is 16.5. The lowest BCUT2D eigenvalue weighted by Crippen LogP contribution is -2.43. The maximum atomic E-state index is 5.88. The third-order valence-electron chi connectivity index (χ3n) is 5.64. The number of nitrogens with one attached hydrogen (secondary N) is 1. The van der Waals surface area contributed by atoms with Crippen LogP contribution < -0.4 is 10.2 Å². The van der Waals surface area contributed by atoms with Crippen LogP contribution >= 0.6 is 0 Å². The number of nitrogens with zero attached hydrogens (tertiary/aromatic N) is 2. The molecular formula is C25H25N3O2. The molecule has 0 radical (unpaired) electrons. The van der Waals surface area contributed by atoms with E-state index in [4.69, 9.17) is 14.1 Å². The fraction of sp³-hybridized carbons (Fsp3) is 0.240. The third kappa shape index (κ3) is 3.70. The summed E-state index contributed by atoms with van der Waals surface area (Å²) in [7, 11) is 1.71. The average molecular weight is 399 g/mol. The van der Waals surface area contributed by atoms with Crippen molar-refractivity contribution in [2.24, 2.45) is 0 Å². The molecule has 4 aromatic rings. The molecule has 5 rings (SSSR count). The smallest absolute Gasteiger partial charge is 0.153 e. The van der Waals surface area contributed by atoms with Gasteiger partial charge in [0.2, 0.25) is 0 Å². The number of anilines is 1. The van der Waals surface area contributed by atoms with Crippen LogP contribution in [0.2, 0.25) is 0 Å². The van der Waals surface area contributed by atoms with E-state index in [1.807, 2.05) is 12.3 Å². The number of piperazine rings is 1. The third-order valence-corrected chi connectivity index (χ3v) is 5.64. The van der Waals surface area contributed by atoms with Gasteiger partial charge in [0, 0.05) is 56.3 Å². The minimum Gasteiger partial charge on any atom is -0.462 e. The van der Waals surface area contributed by atoms with Crippen LogP contribution in [0.5, 0.6) is 0 Å². The van der Waals surface area contributed by atoms with E-state index in [0.717, 1.165) is 65.1 Å². The molecule has 0 bridgehead atoms. The van der Waals surface area contributed by atoms with Crippen LogP contribution in [0.4, 0.5) is 5.69 Å². The highest BCUT2D eigenvalue weighted by Gasteiger charge is 2.13. The van der Waals surface area contributed by atoms with Crippen molar-refractivity contribution in [3.63, 3.8) is 0 Å². The fourth-order valence-electron chi connectivity index (χ4n) is 4.06. The highest BCUT2D eigenvalue weighted by Crippen LogP contribution is 2.32. The zero-order valence-corrected chi connectivity index (χ0v) is 17.1. The van der Waals surface area contributed by atoms with Gasteiger partial charge in [0.25, 0.3) is 0 Å². The summed E-state index contributed by atoms with van der Waals surface area (Å²) >= 11 is 0. The van der Waals surface area contributed by atoms with Crippen molar-refractivity contribution in [1.82, 2.24) is 10.3 Å². The number of hydrogen-bond acceptors (Lipinski definition) is 5. The standard InChI is InChI=1S/C25H25N3O2/c1-29-16-18-3-2-4-20(13-18)23-17-30-24-14-21(15-27-25(23)24)19-5-7-22(8-6-19)28-11-9-26-10-12-28/h2-8,13-15,17,26H,9-12,16H2,1H3. The van der Waals surface area contributed by atoms with Gasteiger partial charge < -0.3 is 19.4 Å². The number of aromatic nitrogens is 1. The average Bonchev–Trinajstić information content (AvgIpc) is 3.24. The van der Waals surface area contributed by atoms with E-state index in [1.165, 1.54) is 5.69 Å². The van der Waals surface area contributed by atoms with E-state index in [2.05, 4.69) is 58.7 Å². The SMILES string of the molecule is COCc1cccc(-c2coc3cc(-c4ccc(N5CCNCC5)cc4)cnc23)c1. The zero-order chi connectivity index (χ0) is 20.3. The minimum atomic E-state index is 0.588. The second-order valence-electron chi connectivity index (χ2n) is 7.64. The summed E-state index contributed by atoms with van der Waals surface area (Å²) in [5.41, 5.74) is 8.37. The summed E-state index contributed by atoms with van der Waals surface area (Å²) in [5.74, 6) is 0. The number of pyridine rings is 1. The van der Waals surface area contributed by atoms with E-state index in [0.29, 0.717) is 6.61 Å². The summed E-state index contributed by atoms with van der Waals surface area (Å²) in [6, 6.07) is 19.1. The molecule has 0 saturated carbocycles. The van der Waals surface area contributed by atoms with Crippen LogP contribution in [-0.4, -0.2) is 38.3 Å². The molecule has 3 heterocycles. The molecule has 5 nitrogen and oxygen atoms in total. The zero-order valence-electron chi connectivity index (χ0n) is 17.1. The predicted octanol–water partition coefficient (Wildman–Crippen LogP) is 4.72. The lowest BCUT2D eigenvalue weighted by molar-refractivity contribution is 0.185. The van der Waals surface area contributed by atoms with Gasteiger partial charge >= 0.3 is 0 Å². The van der Waals surface area contributed by atoms with Gasteiger partial charge in [-0.25, -0.2) is 0 Å². The monoisotopic (exact) mass is 399 g/mol. The molecule has 2 aromatic heterocycles. The maximum Gasteiger partial charge on any atom is 0.153 e. The second kappa shape index (κ2) is 8.30. The van der Waals surface area contributed by atoms with Crippen molar-refractivity contribution in [3.05, 3.63) is 72.6 Å². The first kappa shape index (κ1) is 18.9. The molecule has 0 amide bonds. The summed E-state index contributed by atoms with van der Waals surface area (Å²) in [4.78, 5) is 7.15. The van der Waals surface area contributed by atoms with Crippen LogP contribution in [0.1, 0.15) is 5.56 Å². The predicted molar refractivity (Wildman–Crippen MR) is 121 cm³/mol. The number of furan rings is 1. The summed E-state index contributed by atoms with van der Waals surface area (Å²) in [6.45, 7) is 4.77. The van der Waals surface area contributed by atoms with E-state index in [9.17, 15) is 0 Å². The molecular weight excluding hydrogens is 374 g/mol. The van der Waals surface area contributed by atoms with Gasteiger partial charge in [0.05, 0.1) is 6.61 Å². The molecule has 0 unspecified atom stereocenters. The van der Waals surface area contributed by atoms with Gasteiger partial charge in [-0.05, 0) is 41.0 Å². The summed E-state index contributed by atoms with van der Waals surface area (Å²) in [5, 5.41) is 3.40. The Morgan fingerprint density at radius 2 is 1.83 bits per heavy atom. The second-order valence-corrected chi connectivity index (χ2v) is 7.64. The number of ether oxygens (including phenoxy) is 1. The molecule has 2 aromatic carbocycles. The quantitative estimate of drug-likeness (QED) is 0.526. The Bertz CT molecular complexity index is 1140. The molecule has 0 atom stereocenters. The first-order valence-corrected chi connectivity index (χ1v) is 10.3. The Labute approximate surface area is 176 Å². The van der Waals surface area contributed by atoms with Gasteiger partial charge in [-0.2, -0.15) is 0 Å². The Morgan fingerprint density at radius 3 is 2.63 bits per heavy atom. The Balaban J connectivity index is 1.43. The topological polar surface area (TPSA) is 50.5 Å². The van der Waals surface area contributed by atoms with Crippen molar-refractivity contribution in [2.45, 2.75) is 6.61 Å². The number of hydrogen-bond donors (Lipinski definition) is 1. The van der Waals surface area contributed by atoms with Gasteiger partial charge in [0.15, 0.2) is 5.58 Å². The first-order chi connectivity index (χ1) is 14.8. The van der Waals surface area contributed by atoms with Crippen molar-refractivity contribution in [1.29, 1.82) is 0 Å². The largest absolute Gasteiger partial charge is 0.462 e. The van der Waals surface area contributed by atoms with Crippen LogP contribution in [0.3, 0.4) is 0 Å². The van der Waals surface area contributed by atoms with Gasteiger partial charge in [-0.1, -0.05) is 30.3 Å². The van der Waals surface area contributed by atoms with Gasteiger partial charge in [0.1, 0.15) is 11.8 Å². The van der Waals surface area contributed by atoms with Crippen molar-refractivity contribution in [3.8, 4) is 22.3 Å². The van der Waals surface area contributed by atoms with E-state index >= 15 is 0 Å². The number of methoxy groups -OCH3 is 1. The molecule has 1 saturated heterocycles. The van der Waals surface area contributed by atoms with E-state index in [1.54, 1.807) is 13.4 Å². The molecule has 1 N–H and O–H groups in total. The van der Waals surface area contributed by atoms with Crippen LogP contribution in [-0.2, 0) is 11.3 Å². The van der Waals surface area contributed by atoms with Crippen molar-refractivity contribution in [2.75, 3.05) is 38.2 Å². The molecule has 1 aliphatic heterocycles. The Morgan fingerprint density at radius 1 is 1.00 bits per heavy atom. The van der Waals surface area contributed by atoms with Gasteiger partial charge in [-0.3, -0.25) is 4.98 Å². The van der Waals surface area contributed by atoms with Crippen LogP contribution in [0.15, 0.2) is 71.5 Å². The van der Waals surface area contributed by atoms with Crippen LogP contribution in [0, 0.1) is 0 Å². The van der Waals surface area contributed by atoms with Crippen molar-refractivity contribution >= 4 is 16.8 Å². The molecule has 0 spiro atoms. The normalized spacial score (nSPS) is 14.4. The van der Waals surface area contributed by atoms with E-state index in [-0.39, 0.29) is 0 Å². The highest BCUT2D eigenvalue weighted by molar-refractivity contribution is 5.92. The van der Waals surface area contributed by atoms with E-state index < -0.39 is 0 Å². The molecule has 0 aliphatic carbocycles. The van der Waals surface area contributed by atoms with Crippen molar-refractivity contribution < 1.29 is 9.15 Å². The lowest BCUT2D eigenvalue weighted by Gasteiger charge is -2.29. The molecule has 152 valence electrons. The number of fused-ring (bicyclic) bond motifs is 1. The summed E-state index contributed by atoms with van der Waals surface area (Å²) in [6.07, 6.45) is 3.72. The number of rotatable bonds is 5. The number of benzene rings is 2. The minimum absolute atomic E-state index is 0.588. The Hall–Kier alpha value is -3.15. The van der Waals surface area contributed by atoms with Gasteiger partial charge in [-0.15, -0.1) is 0 Å². The molecule has 1 fully saturated rings. The maximum absolute atomic E-state index is 5.88. The summed E-state index contributed by atoms with van der Waals surface area (Å²) < 4.78 is 11.1. The Kier molecular flexibility index (Phi) is 5.22. The van der Waals surface area contributed by atoms with Crippen LogP contribution in [0.25, 0.3) is 33.4 Å². The molecule has 5 heteroatoms. The molecule has 1 aliphatic rings. The fourth-order valence-corrected chi connectivity index (χ4v) is 4.06. The first-order valence-electron chi connectivity index (χ1n) is 10.3. The lowest BCUT2D eigenvalue weighted by atomic mass is 10.0. The molecule has 30 heavy (non-hydrogen) atoms.